The molecule has 0 saturated carbocycles. The number of carbonyl (C=O) groups excluding carboxylic acids is 2. The summed E-state index contributed by atoms with van der Waals surface area (Å²) in [5, 5.41) is 9.22. The summed E-state index contributed by atoms with van der Waals surface area (Å²) in [4.78, 5) is 39.6. The maximum Gasteiger partial charge on any atom is 0.328 e. The first-order valence-corrected chi connectivity index (χ1v) is 8.18. The van der Waals surface area contributed by atoms with Crippen molar-refractivity contribution in [2.75, 3.05) is 37.0 Å². The third-order valence-corrected chi connectivity index (χ3v) is 4.88. The van der Waals surface area contributed by atoms with Crippen LogP contribution in [0.1, 0.15) is 0 Å². The number of para-hydroxylation sites is 1. The van der Waals surface area contributed by atoms with E-state index in [1.807, 2.05) is 18.2 Å². The lowest BCUT2D eigenvalue weighted by atomic mass is 10.2. The minimum absolute atomic E-state index is 0.0263. The molecular weight excluding hydrogens is 320 g/mol. The first kappa shape index (κ1) is 15.8. The highest BCUT2D eigenvalue weighted by Gasteiger charge is 2.35. The number of nitrogens with zero attached hydrogens (tertiary/aromatic N) is 2. The first-order valence-electron chi connectivity index (χ1n) is 7.20. The number of thioether (sulfide) groups is 1. The average Bonchev–Trinajstić information content (AvgIpc) is 2.57. The fraction of sp³-hybridized carbons (Fsp3) is 0.400. The molecule has 0 radical (unpaired) electrons. The number of hydrogen-bond donors (Lipinski definition) is 1. The van der Waals surface area contributed by atoms with Gasteiger partial charge in [0, 0.05) is 11.4 Å². The second-order valence-electron chi connectivity index (χ2n) is 5.25. The standard InChI is InChI=1S/C15H16N2O5S/c18-13(16-5-6-22-8-11(16)15(20)21)7-17-10-3-1-2-4-12(10)23-9-14(17)19/h1-4,11H,5-9H2,(H,20,21)/t11-/m1/s1. The zero-order valence-electron chi connectivity index (χ0n) is 12.3. The molecule has 8 heteroatoms. The van der Waals surface area contributed by atoms with Gasteiger partial charge in [-0.15, -0.1) is 11.8 Å². The summed E-state index contributed by atoms with van der Waals surface area (Å²) in [5.41, 5.74) is 0.697. The van der Waals surface area contributed by atoms with Gasteiger partial charge in [0.1, 0.15) is 6.54 Å². The molecule has 122 valence electrons. The molecule has 1 saturated heterocycles. The normalized spacial score (nSPS) is 21.0. The highest BCUT2D eigenvalue weighted by molar-refractivity contribution is 8.00. The van der Waals surface area contributed by atoms with Gasteiger partial charge in [-0.05, 0) is 12.1 Å². The van der Waals surface area contributed by atoms with Gasteiger partial charge >= 0.3 is 5.97 Å². The smallest absolute Gasteiger partial charge is 0.328 e. The van der Waals surface area contributed by atoms with E-state index in [2.05, 4.69) is 0 Å². The predicted molar refractivity (Wildman–Crippen MR) is 83.5 cm³/mol. The van der Waals surface area contributed by atoms with Crippen LogP contribution in [0.25, 0.3) is 0 Å². The summed E-state index contributed by atoms with van der Waals surface area (Å²) in [6.45, 7) is 0.339. The molecule has 0 aromatic heterocycles. The predicted octanol–water partition coefficient (Wildman–Crippen LogP) is 0.437. The van der Waals surface area contributed by atoms with E-state index in [1.165, 1.54) is 21.6 Å². The van der Waals surface area contributed by atoms with Crippen molar-refractivity contribution in [3.63, 3.8) is 0 Å². The summed E-state index contributed by atoms with van der Waals surface area (Å²) >= 11 is 1.44. The van der Waals surface area contributed by atoms with E-state index in [0.717, 1.165) is 4.90 Å². The largest absolute Gasteiger partial charge is 0.480 e. The summed E-state index contributed by atoms with van der Waals surface area (Å²) < 4.78 is 5.13. The number of ether oxygens (including phenoxy) is 1. The van der Waals surface area contributed by atoms with Crippen molar-refractivity contribution >= 4 is 35.2 Å². The number of hydrogen-bond acceptors (Lipinski definition) is 5. The van der Waals surface area contributed by atoms with Crippen molar-refractivity contribution in [1.82, 2.24) is 4.90 Å². The van der Waals surface area contributed by atoms with Crippen LogP contribution in [-0.4, -0.2) is 65.9 Å². The van der Waals surface area contributed by atoms with Gasteiger partial charge in [-0.2, -0.15) is 0 Å². The zero-order chi connectivity index (χ0) is 16.4. The molecule has 3 rings (SSSR count). The van der Waals surface area contributed by atoms with Gasteiger partial charge in [0.15, 0.2) is 6.04 Å². The van der Waals surface area contributed by atoms with Gasteiger partial charge in [-0.3, -0.25) is 9.59 Å². The molecule has 1 aromatic carbocycles. The molecule has 23 heavy (non-hydrogen) atoms. The first-order chi connectivity index (χ1) is 11.1. The molecule has 2 aliphatic heterocycles. The lowest BCUT2D eigenvalue weighted by molar-refractivity contribution is -0.157. The van der Waals surface area contributed by atoms with Crippen molar-refractivity contribution in [2.45, 2.75) is 10.9 Å². The van der Waals surface area contributed by atoms with E-state index >= 15 is 0 Å². The molecule has 0 aliphatic carbocycles. The molecule has 1 atom stereocenters. The van der Waals surface area contributed by atoms with Gasteiger partial charge in [-0.1, -0.05) is 12.1 Å². The van der Waals surface area contributed by atoms with Crippen LogP contribution in [0.3, 0.4) is 0 Å². The van der Waals surface area contributed by atoms with Gasteiger partial charge < -0.3 is 19.6 Å². The lowest BCUT2D eigenvalue weighted by Crippen LogP contribution is -2.55. The molecule has 2 heterocycles. The van der Waals surface area contributed by atoms with Crippen molar-refractivity contribution in [3.05, 3.63) is 24.3 Å². The second-order valence-corrected chi connectivity index (χ2v) is 6.27. The van der Waals surface area contributed by atoms with Crippen LogP contribution >= 0.6 is 11.8 Å². The van der Waals surface area contributed by atoms with E-state index in [1.54, 1.807) is 6.07 Å². The zero-order valence-corrected chi connectivity index (χ0v) is 13.1. The molecule has 2 amide bonds. The van der Waals surface area contributed by atoms with Crippen LogP contribution in [-0.2, 0) is 19.1 Å². The van der Waals surface area contributed by atoms with Crippen LogP contribution in [0.15, 0.2) is 29.2 Å². The molecule has 0 unspecified atom stereocenters. The van der Waals surface area contributed by atoms with Crippen LogP contribution < -0.4 is 4.90 Å². The number of rotatable bonds is 3. The van der Waals surface area contributed by atoms with Crippen molar-refractivity contribution in [3.8, 4) is 0 Å². The number of carbonyl (C=O) groups is 3. The molecule has 2 aliphatic rings. The third kappa shape index (κ3) is 3.18. The molecule has 0 bridgehead atoms. The van der Waals surface area contributed by atoms with E-state index in [0.29, 0.717) is 12.3 Å². The third-order valence-electron chi connectivity index (χ3n) is 3.84. The summed E-state index contributed by atoms with van der Waals surface area (Å²) in [7, 11) is 0. The summed E-state index contributed by atoms with van der Waals surface area (Å²) in [6.07, 6.45) is 0. The number of carboxylic acids is 1. The SMILES string of the molecule is O=C(O)[C@H]1COCCN1C(=O)CN1C(=O)CSc2ccccc21. The van der Waals surface area contributed by atoms with Gasteiger partial charge in [0.05, 0.1) is 24.7 Å². The van der Waals surface area contributed by atoms with Gasteiger partial charge in [0.25, 0.3) is 0 Å². The fourth-order valence-electron chi connectivity index (χ4n) is 2.66. The van der Waals surface area contributed by atoms with E-state index in [4.69, 9.17) is 4.74 Å². The van der Waals surface area contributed by atoms with Crippen molar-refractivity contribution in [2.24, 2.45) is 0 Å². The maximum atomic E-state index is 12.5. The molecule has 1 aromatic rings. The van der Waals surface area contributed by atoms with E-state index < -0.39 is 12.0 Å². The van der Waals surface area contributed by atoms with E-state index in [9.17, 15) is 19.5 Å². The van der Waals surface area contributed by atoms with E-state index in [-0.39, 0.29) is 37.3 Å². The lowest BCUT2D eigenvalue weighted by Gasteiger charge is -2.35. The molecule has 7 nitrogen and oxygen atoms in total. The van der Waals surface area contributed by atoms with Crippen LogP contribution in [0.2, 0.25) is 0 Å². The highest BCUT2D eigenvalue weighted by atomic mass is 32.2. The number of amides is 2. The minimum Gasteiger partial charge on any atom is -0.480 e. The fourth-order valence-corrected chi connectivity index (χ4v) is 3.60. The Balaban J connectivity index is 1.79. The number of anilines is 1. The Bertz CT molecular complexity index is 651. The van der Waals surface area contributed by atoms with Crippen LogP contribution in [0.4, 0.5) is 5.69 Å². The maximum absolute atomic E-state index is 12.5. The summed E-state index contributed by atoms with van der Waals surface area (Å²) in [5.74, 6) is -1.35. The van der Waals surface area contributed by atoms with Crippen LogP contribution in [0, 0.1) is 0 Å². The van der Waals surface area contributed by atoms with Crippen LogP contribution in [0.5, 0.6) is 0 Å². The van der Waals surface area contributed by atoms with Crippen molar-refractivity contribution < 1.29 is 24.2 Å². The monoisotopic (exact) mass is 336 g/mol. The van der Waals surface area contributed by atoms with Gasteiger partial charge in [0.2, 0.25) is 11.8 Å². The topological polar surface area (TPSA) is 87.2 Å². The quantitative estimate of drug-likeness (QED) is 0.862. The Morgan fingerprint density at radius 1 is 1.35 bits per heavy atom. The van der Waals surface area contributed by atoms with Crippen molar-refractivity contribution in [1.29, 1.82) is 0 Å². The highest BCUT2D eigenvalue weighted by Crippen LogP contribution is 2.34. The Kier molecular flexibility index (Phi) is 4.53. The Morgan fingerprint density at radius 2 is 2.13 bits per heavy atom. The Labute approximate surface area is 137 Å². The number of fused-ring (bicyclic) bond motifs is 1. The number of benzene rings is 1. The summed E-state index contributed by atoms with van der Waals surface area (Å²) in [6, 6.07) is 6.38. The molecular formula is C15H16N2O5S. The Hall–Kier alpha value is -2.06. The number of carboxylic acid groups (broad SMARTS) is 1. The number of morpholine rings is 1. The Morgan fingerprint density at radius 3 is 2.91 bits per heavy atom. The molecule has 1 fully saturated rings. The minimum atomic E-state index is -1.10. The second kappa shape index (κ2) is 6.59. The molecule has 0 spiro atoms. The number of aliphatic carboxylic acids is 1. The molecule has 1 N–H and O–H groups in total. The van der Waals surface area contributed by atoms with Gasteiger partial charge in [-0.25, -0.2) is 4.79 Å². The average molecular weight is 336 g/mol.